The van der Waals surface area contributed by atoms with Crippen molar-refractivity contribution in [1.29, 1.82) is 0 Å². The Morgan fingerprint density at radius 2 is 1.91 bits per heavy atom. The third-order valence-electron chi connectivity index (χ3n) is 4.61. The average Bonchev–Trinajstić information content (AvgIpc) is 2.35. The Balaban J connectivity index is 2.16. The van der Waals surface area contributed by atoms with Crippen molar-refractivity contribution in [3.63, 3.8) is 0 Å². The molecule has 0 saturated carbocycles. The van der Waals surface area contributed by atoms with Crippen LogP contribution in [0.2, 0.25) is 0 Å². The van der Waals surface area contributed by atoms with E-state index in [4.69, 9.17) is 10.5 Å². The number of hydrogen-bond acceptors (Lipinski definition) is 6. The molecular formula is C15H28N2O5S. The van der Waals surface area contributed by atoms with Crippen LogP contribution in [0.15, 0.2) is 0 Å². The number of nitrogens with zero attached hydrogens (tertiary/aromatic N) is 1. The molecule has 0 bridgehead atoms. The summed E-state index contributed by atoms with van der Waals surface area (Å²) < 4.78 is 29.3. The number of amides is 1. The lowest BCUT2D eigenvalue weighted by Crippen LogP contribution is -2.71. The molecule has 8 heteroatoms. The summed E-state index contributed by atoms with van der Waals surface area (Å²) in [7, 11) is -3.26. The molecular weight excluding hydrogens is 320 g/mol. The van der Waals surface area contributed by atoms with E-state index in [9.17, 15) is 18.3 Å². The maximum absolute atomic E-state index is 12.2. The summed E-state index contributed by atoms with van der Waals surface area (Å²) in [5.41, 5.74) is 3.08. The molecule has 23 heavy (non-hydrogen) atoms. The summed E-state index contributed by atoms with van der Waals surface area (Å²) in [4.78, 5) is 13.7. The summed E-state index contributed by atoms with van der Waals surface area (Å²) in [5.74, 6) is -0.129. The molecule has 2 unspecified atom stereocenters. The lowest BCUT2D eigenvalue weighted by Gasteiger charge is -2.50. The van der Waals surface area contributed by atoms with Crippen LogP contribution in [0.4, 0.5) is 4.79 Å². The number of carbonyl (C=O) groups excluding carboxylic acids is 1. The Bertz CT molecular complexity index is 571. The molecule has 0 aromatic heterocycles. The summed E-state index contributed by atoms with van der Waals surface area (Å²) >= 11 is 0. The lowest BCUT2D eigenvalue weighted by molar-refractivity contribution is -0.0859. The molecule has 0 radical (unpaired) electrons. The van der Waals surface area contributed by atoms with E-state index in [-0.39, 0.29) is 18.1 Å². The fourth-order valence-corrected chi connectivity index (χ4v) is 5.36. The number of nitrogens with two attached hydrogens (primary N) is 1. The van der Waals surface area contributed by atoms with Crippen molar-refractivity contribution in [3.05, 3.63) is 0 Å². The van der Waals surface area contributed by atoms with Crippen LogP contribution < -0.4 is 5.73 Å². The predicted octanol–water partition coefficient (Wildman–Crippen LogP) is 0.655. The lowest BCUT2D eigenvalue weighted by atomic mass is 9.73. The molecule has 1 amide bonds. The summed E-state index contributed by atoms with van der Waals surface area (Å²) in [6.45, 7) is 5.81. The smallest absolute Gasteiger partial charge is 0.410 e. The van der Waals surface area contributed by atoms with E-state index < -0.39 is 32.7 Å². The van der Waals surface area contributed by atoms with Gasteiger partial charge in [-0.25, -0.2) is 13.2 Å². The highest BCUT2D eigenvalue weighted by Crippen LogP contribution is 2.37. The summed E-state index contributed by atoms with van der Waals surface area (Å²) in [6, 6.07) is 0. The van der Waals surface area contributed by atoms with Crippen molar-refractivity contribution in [2.24, 2.45) is 5.73 Å². The fraction of sp³-hybridized carbons (Fsp3) is 0.933. The third-order valence-corrected chi connectivity index (χ3v) is 6.47. The molecule has 2 aliphatic heterocycles. The Morgan fingerprint density at radius 3 is 2.48 bits per heavy atom. The van der Waals surface area contributed by atoms with E-state index in [1.165, 1.54) is 4.90 Å². The molecule has 2 aliphatic rings. The van der Waals surface area contributed by atoms with Gasteiger partial charge in [0.25, 0.3) is 0 Å². The van der Waals surface area contributed by atoms with Crippen LogP contribution in [-0.2, 0) is 14.6 Å². The number of hydrogen-bond donors (Lipinski definition) is 2. The van der Waals surface area contributed by atoms with Crippen LogP contribution in [0.3, 0.4) is 0 Å². The summed E-state index contributed by atoms with van der Waals surface area (Å²) in [5, 5.41) is 11.1. The van der Waals surface area contributed by atoms with E-state index >= 15 is 0 Å². The minimum Gasteiger partial charge on any atom is -0.444 e. The topological polar surface area (TPSA) is 110 Å². The van der Waals surface area contributed by atoms with Crippen LogP contribution in [-0.4, -0.2) is 65.9 Å². The van der Waals surface area contributed by atoms with Gasteiger partial charge in [0.15, 0.2) is 9.84 Å². The van der Waals surface area contributed by atoms with Gasteiger partial charge in [-0.2, -0.15) is 0 Å². The number of sulfone groups is 1. The van der Waals surface area contributed by atoms with Crippen molar-refractivity contribution in [2.45, 2.75) is 63.2 Å². The second-order valence-electron chi connectivity index (χ2n) is 7.89. The number of ether oxygens (including phenoxy) is 1. The van der Waals surface area contributed by atoms with E-state index in [0.29, 0.717) is 32.2 Å². The van der Waals surface area contributed by atoms with Gasteiger partial charge >= 0.3 is 6.09 Å². The van der Waals surface area contributed by atoms with Crippen LogP contribution in [0, 0.1) is 0 Å². The van der Waals surface area contributed by atoms with Crippen LogP contribution in [0.1, 0.15) is 46.5 Å². The molecule has 0 aliphatic carbocycles. The zero-order valence-electron chi connectivity index (χ0n) is 14.2. The average molecular weight is 348 g/mol. The molecule has 2 fully saturated rings. The van der Waals surface area contributed by atoms with Gasteiger partial charge in [0.05, 0.1) is 23.6 Å². The normalized spacial score (nSPS) is 34.9. The van der Waals surface area contributed by atoms with E-state index in [2.05, 4.69) is 0 Å². The van der Waals surface area contributed by atoms with Gasteiger partial charge in [-0.15, -0.1) is 0 Å². The monoisotopic (exact) mass is 348 g/mol. The Kier molecular flexibility index (Phi) is 4.74. The van der Waals surface area contributed by atoms with Gasteiger partial charge in [0.2, 0.25) is 0 Å². The van der Waals surface area contributed by atoms with Crippen molar-refractivity contribution >= 4 is 15.9 Å². The van der Waals surface area contributed by atoms with Crippen molar-refractivity contribution in [3.8, 4) is 0 Å². The molecule has 2 atom stereocenters. The van der Waals surface area contributed by atoms with E-state index in [1.54, 1.807) is 20.8 Å². The number of piperidine rings is 1. The zero-order chi connectivity index (χ0) is 17.5. The second-order valence-corrected chi connectivity index (χ2v) is 10.1. The standard InChI is InChI=1S/C15H28N2O5S/c1-13(2,3)22-12(18)17-8-4-7-15(19,10-17)14(16)6-5-9-23(20,21)11-14/h19H,4-11,16H2,1-3H3. The molecule has 0 aromatic rings. The van der Waals surface area contributed by atoms with E-state index in [1.807, 2.05) is 0 Å². The number of rotatable bonds is 1. The van der Waals surface area contributed by atoms with Crippen molar-refractivity contribution in [2.75, 3.05) is 24.6 Å². The Morgan fingerprint density at radius 1 is 1.26 bits per heavy atom. The Labute approximate surface area is 138 Å². The number of carbonyl (C=O) groups is 1. The SMILES string of the molecule is CC(C)(C)OC(=O)N1CCCC(O)(C2(N)CCCS(=O)(=O)C2)C1. The minimum absolute atomic E-state index is 0.00787. The molecule has 7 nitrogen and oxygen atoms in total. The largest absolute Gasteiger partial charge is 0.444 e. The second kappa shape index (κ2) is 5.89. The van der Waals surface area contributed by atoms with Gasteiger partial charge < -0.3 is 20.5 Å². The maximum Gasteiger partial charge on any atom is 0.410 e. The molecule has 0 spiro atoms. The van der Waals surface area contributed by atoms with Crippen LogP contribution >= 0.6 is 0 Å². The molecule has 3 N–H and O–H groups in total. The van der Waals surface area contributed by atoms with Crippen molar-refractivity contribution < 1.29 is 23.1 Å². The molecule has 2 saturated heterocycles. The van der Waals surface area contributed by atoms with Gasteiger partial charge in [-0.05, 0) is 46.5 Å². The third kappa shape index (κ3) is 4.16. The number of aliphatic hydroxyl groups is 1. The zero-order valence-corrected chi connectivity index (χ0v) is 15.0. The highest BCUT2D eigenvalue weighted by atomic mass is 32.2. The van der Waals surface area contributed by atoms with Crippen LogP contribution in [0.5, 0.6) is 0 Å². The van der Waals surface area contributed by atoms with Gasteiger partial charge in [0.1, 0.15) is 11.2 Å². The van der Waals surface area contributed by atoms with Gasteiger partial charge in [-0.3, -0.25) is 0 Å². The van der Waals surface area contributed by atoms with E-state index in [0.717, 1.165) is 0 Å². The Hall–Kier alpha value is -0.860. The van der Waals surface area contributed by atoms with Gasteiger partial charge in [-0.1, -0.05) is 0 Å². The molecule has 2 heterocycles. The predicted molar refractivity (Wildman–Crippen MR) is 86.8 cm³/mol. The number of β-amino-alcohol motifs (C(OH)–C–C–N with tert-alkyl or cyclic N) is 1. The first-order valence-electron chi connectivity index (χ1n) is 8.06. The quantitative estimate of drug-likeness (QED) is 0.720. The summed E-state index contributed by atoms with van der Waals surface area (Å²) in [6.07, 6.45) is 1.32. The molecule has 134 valence electrons. The highest BCUT2D eigenvalue weighted by molar-refractivity contribution is 7.91. The first kappa shape index (κ1) is 18.5. The molecule has 2 rings (SSSR count). The fourth-order valence-electron chi connectivity index (χ4n) is 3.44. The van der Waals surface area contributed by atoms with Gasteiger partial charge in [0, 0.05) is 6.54 Å². The first-order chi connectivity index (χ1) is 10.4. The van der Waals surface area contributed by atoms with Crippen molar-refractivity contribution in [1.82, 2.24) is 4.90 Å². The minimum atomic E-state index is -3.26. The number of likely N-dealkylation sites (tertiary alicyclic amines) is 1. The highest BCUT2D eigenvalue weighted by Gasteiger charge is 2.53. The first-order valence-corrected chi connectivity index (χ1v) is 9.88. The maximum atomic E-state index is 12.2. The van der Waals surface area contributed by atoms with Crippen LogP contribution in [0.25, 0.3) is 0 Å². The molecule has 0 aromatic carbocycles.